The zero-order valence-corrected chi connectivity index (χ0v) is 5.97. The van der Waals surface area contributed by atoms with Gasteiger partial charge in [0.15, 0.2) is 5.82 Å². The van der Waals surface area contributed by atoms with Gasteiger partial charge in [0.05, 0.1) is 6.20 Å². The molecule has 0 bridgehead atoms. The van der Waals surface area contributed by atoms with Crippen molar-refractivity contribution in [3.8, 4) is 12.1 Å². The van der Waals surface area contributed by atoms with Crippen LogP contribution in [0.25, 0.3) is 0 Å². The van der Waals surface area contributed by atoms with Gasteiger partial charge < -0.3 is 0 Å². The van der Waals surface area contributed by atoms with Crippen LogP contribution in [0.2, 0.25) is 0 Å². The highest BCUT2D eigenvalue weighted by molar-refractivity contribution is 5.21. The largest absolute Gasteiger partial charge is 0.260 e. The number of nitrogens with one attached hydrogen (secondary N) is 1. The Morgan fingerprint density at radius 1 is 1.50 bits per heavy atom. The molecule has 58 valence electrons. The number of rotatable bonds is 2. The molecule has 12 heavy (non-hydrogen) atoms. The van der Waals surface area contributed by atoms with E-state index in [-0.39, 0.29) is 0 Å². The summed E-state index contributed by atoms with van der Waals surface area (Å²) in [5.74, 6) is 0.422. The summed E-state index contributed by atoms with van der Waals surface area (Å²) in [7, 11) is 0. The van der Waals surface area contributed by atoms with Crippen molar-refractivity contribution in [2.75, 3.05) is 0 Å². The molecule has 0 atom stereocenters. The molecule has 0 fully saturated rings. The summed E-state index contributed by atoms with van der Waals surface area (Å²) in [5, 5.41) is 29.7. The minimum absolute atomic E-state index is 0.422. The zero-order chi connectivity index (χ0) is 8.81. The van der Waals surface area contributed by atoms with Crippen molar-refractivity contribution in [2.24, 2.45) is 10.2 Å². The van der Waals surface area contributed by atoms with Crippen LogP contribution >= 0.6 is 0 Å². The lowest BCUT2D eigenvalue weighted by Gasteiger charge is -1.84. The number of aromatic nitrogens is 2. The van der Waals surface area contributed by atoms with Crippen molar-refractivity contribution in [1.29, 1.82) is 10.5 Å². The Balaban J connectivity index is 2.64. The van der Waals surface area contributed by atoms with Gasteiger partial charge in [-0.1, -0.05) is 0 Å². The molecular formula is C6H4N6. The fourth-order valence-electron chi connectivity index (χ4n) is 0.505. The van der Waals surface area contributed by atoms with Crippen LogP contribution in [0.15, 0.2) is 22.5 Å². The standard InChI is InChI=1S/C6H4N6/c7-3-5(4-8)10-12-6-1-2-9-11-6/h1-2,5H,(H,9,11). The average Bonchev–Trinajstić information content (AvgIpc) is 2.59. The Labute approximate surface area is 68.2 Å². The Bertz CT molecular complexity index is 323. The van der Waals surface area contributed by atoms with Crippen LogP contribution in [0.1, 0.15) is 0 Å². The van der Waals surface area contributed by atoms with Crippen LogP contribution < -0.4 is 0 Å². The molecule has 0 aliphatic rings. The van der Waals surface area contributed by atoms with Gasteiger partial charge in [-0.15, -0.1) is 5.11 Å². The number of hydrogen-bond acceptors (Lipinski definition) is 5. The normalized spacial score (nSPS) is 9.92. The van der Waals surface area contributed by atoms with Gasteiger partial charge in [-0.05, 0) is 0 Å². The third-order valence-corrected chi connectivity index (χ3v) is 1.01. The second kappa shape index (κ2) is 3.84. The predicted octanol–water partition coefficient (Wildman–Crippen LogP) is 0.909. The van der Waals surface area contributed by atoms with E-state index in [2.05, 4.69) is 20.4 Å². The van der Waals surface area contributed by atoms with Gasteiger partial charge in [-0.2, -0.15) is 20.7 Å². The molecule has 6 heteroatoms. The van der Waals surface area contributed by atoms with Crippen molar-refractivity contribution in [3.05, 3.63) is 12.3 Å². The molecule has 0 unspecified atom stereocenters. The van der Waals surface area contributed by atoms with Crippen molar-refractivity contribution in [1.82, 2.24) is 10.2 Å². The molecular weight excluding hydrogens is 156 g/mol. The third-order valence-electron chi connectivity index (χ3n) is 1.01. The highest BCUT2D eigenvalue weighted by Gasteiger charge is 2.00. The second-order valence-electron chi connectivity index (χ2n) is 1.82. The number of hydrogen-bond donors (Lipinski definition) is 1. The quantitative estimate of drug-likeness (QED) is 0.650. The number of H-pyrrole nitrogens is 1. The molecule has 0 spiro atoms. The number of nitriles is 2. The van der Waals surface area contributed by atoms with E-state index < -0.39 is 6.04 Å². The van der Waals surface area contributed by atoms with Crippen LogP contribution in [0.5, 0.6) is 0 Å². The molecule has 1 aromatic heterocycles. The van der Waals surface area contributed by atoms with E-state index in [1.807, 2.05) is 0 Å². The smallest absolute Gasteiger partial charge is 0.242 e. The van der Waals surface area contributed by atoms with Crippen LogP contribution in [-0.4, -0.2) is 16.2 Å². The van der Waals surface area contributed by atoms with Crippen molar-refractivity contribution in [2.45, 2.75) is 6.04 Å². The highest BCUT2D eigenvalue weighted by Crippen LogP contribution is 2.05. The third kappa shape index (κ3) is 1.89. The van der Waals surface area contributed by atoms with E-state index in [9.17, 15) is 0 Å². The van der Waals surface area contributed by atoms with Crippen LogP contribution in [-0.2, 0) is 0 Å². The zero-order valence-electron chi connectivity index (χ0n) is 5.97. The Hall–Kier alpha value is -2.21. The van der Waals surface area contributed by atoms with Gasteiger partial charge in [0.1, 0.15) is 12.1 Å². The molecule has 0 aliphatic heterocycles. The summed E-state index contributed by atoms with van der Waals surface area (Å²) in [6, 6.07) is 3.85. The Morgan fingerprint density at radius 2 is 2.25 bits per heavy atom. The second-order valence-corrected chi connectivity index (χ2v) is 1.82. The van der Waals surface area contributed by atoms with Gasteiger partial charge in [0.2, 0.25) is 6.04 Å². The van der Waals surface area contributed by atoms with Gasteiger partial charge in [0.25, 0.3) is 0 Å². The van der Waals surface area contributed by atoms with Gasteiger partial charge in [-0.3, -0.25) is 5.10 Å². The molecule has 0 amide bonds. The molecule has 1 N–H and O–H groups in total. The monoisotopic (exact) mass is 160 g/mol. The van der Waals surface area contributed by atoms with E-state index in [4.69, 9.17) is 10.5 Å². The summed E-state index contributed by atoms with van der Waals surface area (Å²) >= 11 is 0. The van der Waals surface area contributed by atoms with Crippen molar-refractivity contribution in [3.63, 3.8) is 0 Å². The summed E-state index contributed by atoms with van der Waals surface area (Å²) in [5.41, 5.74) is 0. The minimum atomic E-state index is -1.05. The lowest BCUT2D eigenvalue weighted by molar-refractivity contribution is 0.930. The molecule has 1 aromatic rings. The van der Waals surface area contributed by atoms with E-state index in [0.717, 1.165) is 0 Å². The molecule has 0 saturated heterocycles. The van der Waals surface area contributed by atoms with Crippen LogP contribution in [0.4, 0.5) is 5.82 Å². The van der Waals surface area contributed by atoms with E-state index in [0.29, 0.717) is 5.82 Å². The fraction of sp³-hybridized carbons (Fsp3) is 0.167. The maximum atomic E-state index is 8.30. The SMILES string of the molecule is N#CC(C#N)N=Nc1ccn[nH]1. The van der Waals surface area contributed by atoms with Crippen molar-refractivity contribution < 1.29 is 0 Å². The van der Waals surface area contributed by atoms with Gasteiger partial charge in [0, 0.05) is 6.07 Å². The Morgan fingerprint density at radius 3 is 2.75 bits per heavy atom. The highest BCUT2D eigenvalue weighted by atomic mass is 15.2. The van der Waals surface area contributed by atoms with E-state index >= 15 is 0 Å². The molecule has 6 nitrogen and oxygen atoms in total. The Kier molecular flexibility index (Phi) is 2.52. The molecule has 1 rings (SSSR count). The number of aromatic amines is 1. The summed E-state index contributed by atoms with van der Waals surface area (Å²) in [6.45, 7) is 0. The van der Waals surface area contributed by atoms with Crippen LogP contribution in [0.3, 0.4) is 0 Å². The average molecular weight is 160 g/mol. The van der Waals surface area contributed by atoms with Crippen LogP contribution in [0, 0.1) is 22.7 Å². The summed E-state index contributed by atoms with van der Waals surface area (Å²) in [4.78, 5) is 0. The predicted molar refractivity (Wildman–Crippen MR) is 38.1 cm³/mol. The first kappa shape index (κ1) is 7.89. The summed E-state index contributed by atoms with van der Waals surface area (Å²) in [6.07, 6.45) is 1.50. The lowest BCUT2D eigenvalue weighted by atomic mass is 10.4. The minimum Gasteiger partial charge on any atom is -0.260 e. The fourth-order valence-corrected chi connectivity index (χ4v) is 0.505. The molecule has 0 aliphatic carbocycles. The maximum absolute atomic E-state index is 8.30. The first-order valence-corrected chi connectivity index (χ1v) is 3.06. The first-order valence-electron chi connectivity index (χ1n) is 3.06. The number of nitrogens with zero attached hydrogens (tertiary/aromatic N) is 5. The number of azo groups is 1. The van der Waals surface area contributed by atoms with E-state index in [1.165, 1.54) is 6.20 Å². The first-order chi connectivity index (χ1) is 5.86. The van der Waals surface area contributed by atoms with E-state index in [1.54, 1.807) is 18.2 Å². The van der Waals surface area contributed by atoms with Gasteiger partial charge in [-0.25, -0.2) is 0 Å². The summed E-state index contributed by atoms with van der Waals surface area (Å²) < 4.78 is 0. The molecule has 0 saturated carbocycles. The molecule has 0 aromatic carbocycles. The van der Waals surface area contributed by atoms with Crippen molar-refractivity contribution >= 4 is 5.82 Å². The topological polar surface area (TPSA) is 101 Å². The lowest BCUT2D eigenvalue weighted by Crippen LogP contribution is -1.92. The van der Waals surface area contributed by atoms with Gasteiger partial charge >= 0.3 is 0 Å². The molecule has 1 heterocycles. The maximum Gasteiger partial charge on any atom is 0.242 e. The molecule has 0 radical (unpaired) electrons.